The van der Waals surface area contributed by atoms with Crippen molar-refractivity contribution < 1.29 is 0 Å². The molecule has 0 saturated heterocycles. The molecule has 2 heterocycles. The van der Waals surface area contributed by atoms with E-state index in [0.717, 1.165) is 35.3 Å². The van der Waals surface area contributed by atoms with Gasteiger partial charge in [0.15, 0.2) is 0 Å². The fraction of sp³-hybridized carbons (Fsp3) is 0.333. The van der Waals surface area contributed by atoms with Crippen LogP contribution in [0, 0.1) is 6.92 Å². The molecule has 16 heavy (non-hydrogen) atoms. The number of hydrogen-bond acceptors (Lipinski definition) is 2. The summed E-state index contributed by atoms with van der Waals surface area (Å²) in [5.74, 6) is 0.867. The Morgan fingerprint density at radius 2 is 2.31 bits per heavy atom. The molecular formula is C12H11BrN2O. The minimum absolute atomic E-state index is 0.0886. The summed E-state index contributed by atoms with van der Waals surface area (Å²) in [5.41, 5.74) is 1.99. The van der Waals surface area contributed by atoms with E-state index in [0.29, 0.717) is 0 Å². The lowest BCUT2D eigenvalue weighted by Gasteiger charge is -2.07. The summed E-state index contributed by atoms with van der Waals surface area (Å²) in [6.07, 6.45) is 0.942. The Labute approximate surface area is 101 Å². The topological polar surface area (TPSA) is 34.9 Å². The molecule has 3 rings (SSSR count). The van der Waals surface area contributed by atoms with E-state index in [1.807, 2.05) is 25.1 Å². The van der Waals surface area contributed by atoms with Gasteiger partial charge in [-0.15, -0.1) is 0 Å². The zero-order valence-electron chi connectivity index (χ0n) is 8.90. The van der Waals surface area contributed by atoms with Crippen LogP contribution in [0.5, 0.6) is 0 Å². The van der Waals surface area contributed by atoms with Crippen LogP contribution in [-0.2, 0) is 6.54 Å². The first-order chi connectivity index (χ1) is 7.68. The van der Waals surface area contributed by atoms with E-state index in [-0.39, 0.29) is 10.4 Å². The van der Waals surface area contributed by atoms with Gasteiger partial charge >= 0.3 is 0 Å². The summed E-state index contributed by atoms with van der Waals surface area (Å²) >= 11 is 3.56. The Morgan fingerprint density at radius 1 is 1.50 bits per heavy atom. The molecule has 0 N–H and O–H groups in total. The molecule has 0 unspecified atom stereocenters. The highest BCUT2D eigenvalue weighted by Gasteiger charge is 2.24. The number of rotatable bonds is 0. The van der Waals surface area contributed by atoms with Gasteiger partial charge in [-0.1, -0.05) is 28.1 Å². The zero-order valence-corrected chi connectivity index (χ0v) is 10.5. The quantitative estimate of drug-likeness (QED) is 0.695. The van der Waals surface area contributed by atoms with Crippen molar-refractivity contribution in [3.8, 4) is 0 Å². The average Bonchev–Trinajstić information content (AvgIpc) is 2.63. The fourth-order valence-electron chi connectivity index (χ4n) is 2.23. The van der Waals surface area contributed by atoms with Crippen molar-refractivity contribution in [3.05, 3.63) is 39.9 Å². The minimum Gasteiger partial charge on any atom is -0.295 e. The average molecular weight is 279 g/mol. The lowest BCUT2D eigenvalue weighted by molar-refractivity contribution is 0.719. The van der Waals surface area contributed by atoms with Crippen molar-refractivity contribution >= 4 is 26.8 Å². The van der Waals surface area contributed by atoms with Gasteiger partial charge in [0.1, 0.15) is 5.82 Å². The molecule has 1 aliphatic rings. The van der Waals surface area contributed by atoms with Crippen LogP contribution in [0.25, 0.3) is 10.9 Å². The smallest absolute Gasteiger partial charge is 0.261 e. The molecule has 1 aromatic heterocycles. The van der Waals surface area contributed by atoms with Crippen molar-refractivity contribution in [1.82, 2.24) is 9.55 Å². The van der Waals surface area contributed by atoms with Crippen molar-refractivity contribution in [1.29, 1.82) is 0 Å². The van der Waals surface area contributed by atoms with E-state index >= 15 is 0 Å². The molecule has 0 fully saturated rings. The third kappa shape index (κ3) is 1.26. The van der Waals surface area contributed by atoms with Gasteiger partial charge in [0.2, 0.25) is 0 Å². The predicted octanol–water partition coefficient (Wildman–Crippen LogP) is 2.54. The van der Waals surface area contributed by atoms with Crippen molar-refractivity contribution in [2.75, 3.05) is 0 Å². The van der Waals surface area contributed by atoms with Crippen LogP contribution in [0.3, 0.4) is 0 Å². The number of nitrogens with zero attached hydrogens (tertiary/aromatic N) is 2. The van der Waals surface area contributed by atoms with Gasteiger partial charge in [0.05, 0.1) is 15.7 Å². The van der Waals surface area contributed by atoms with Crippen LogP contribution in [-0.4, -0.2) is 9.55 Å². The number of alkyl halides is 1. The summed E-state index contributed by atoms with van der Waals surface area (Å²) in [6, 6.07) is 5.75. The van der Waals surface area contributed by atoms with E-state index in [1.54, 1.807) is 4.57 Å². The van der Waals surface area contributed by atoms with Crippen molar-refractivity contribution in [2.45, 2.75) is 24.7 Å². The fourth-order valence-corrected chi connectivity index (χ4v) is 2.79. The van der Waals surface area contributed by atoms with Gasteiger partial charge in [-0.25, -0.2) is 4.98 Å². The van der Waals surface area contributed by atoms with Crippen LogP contribution in [0.2, 0.25) is 0 Å². The molecule has 3 nitrogen and oxygen atoms in total. The molecule has 82 valence electrons. The number of para-hydroxylation sites is 1. The molecular weight excluding hydrogens is 268 g/mol. The Bertz CT molecular complexity index is 633. The SMILES string of the molecule is Cc1cccc2c(=O)n3c(nc12)[C@H](Br)CC3. The van der Waals surface area contributed by atoms with Crippen LogP contribution >= 0.6 is 15.9 Å². The lowest BCUT2D eigenvalue weighted by atomic mass is 10.1. The number of fused-ring (bicyclic) bond motifs is 2. The third-order valence-corrected chi connectivity index (χ3v) is 3.97. The Hall–Kier alpha value is -1.16. The van der Waals surface area contributed by atoms with Gasteiger partial charge in [0.25, 0.3) is 5.56 Å². The van der Waals surface area contributed by atoms with Crippen LogP contribution in [0.15, 0.2) is 23.0 Å². The second kappa shape index (κ2) is 3.42. The maximum atomic E-state index is 12.2. The van der Waals surface area contributed by atoms with Gasteiger partial charge in [-0.3, -0.25) is 9.36 Å². The third-order valence-electron chi connectivity index (χ3n) is 3.10. The Kier molecular flexibility index (Phi) is 2.14. The highest BCUT2D eigenvalue weighted by molar-refractivity contribution is 9.09. The van der Waals surface area contributed by atoms with E-state index in [1.165, 1.54) is 0 Å². The summed E-state index contributed by atoms with van der Waals surface area (Å²) in [4.78, 5) is 17.0. The Morgan fingerprint density at radius 3 is 3.12 bits per heavy atom. The second-order valence-electron chi connectivity index (χ2n) is 4.15. The molecule has 0 radical (unpaired) electrons. The van der Waals surface area contributed by atoms with E-state index < -0.39 is 0 Å². The maximum absolute atomic E-state index is 12.2. The summed E-state index contributed by atoms with van der Waals surface area (Å²) in [7, 11) is 0. The number of benzene rings is 1. The molecule has 4 heteroatoms. The molecule has 1 aliphatic heterocycles. The highest BCUT2D eigenvalue weighted by atomic mass is 79.9. The highest BCUT2D eigenvalue weighted by Crippen LogP contribution is 2.31. The van der Waals surface area contributed by atoms with E-state index in [2.05, 4.69) is 20.9 Å². The normalized spacial score (nSPS) is 19.0. The van der Waals surface area contributed by atoms with Crippen LogP contribution in [0.4, 0.5) is 0 Å². The predicted molar refractivity (Wildman–Crippen MR) is 67.0 cm³/mol. The van der Waals surface area contributed by atoms with Crippen molar-refractivity contribution in [2.24, 2.45) is 0 Å². The molecule has 0 bridgehead atoms. The van der Waals surface area contributed by atoms with Gasteiger partial charge in [-0.2, -0.15) is 0 Å². The lowest BCUT2D eigenvalue weighted by Crippen LogP contribution is -2.21. The van der Waals surface area contributed by atoms with Crippen LogP contribution < -0.4 is 5.56 Å². The van der Waals surface area contributed by atoms with E-state index in [9.17, 15) is 4.79 Å². The second-order valence-corrected chi connectivity index (χ2v) is 5.26. The summed E-state index contributed by atoms with van der Waals surface area (Å²) in [5, 5.41) is 0.727. The first-order valence-electron chi connectivity index (χ1n) is 5.32. The summed E-state index contributed by atoms with van der Waals surface area (Å²) in [6.45, 7) is 2.75. The molecule has 0 saturated carbocycles. The number of halogens is 1. The number of aryl methyl sites for hydroxylation is 1. The van der Waals surface area contributed by atoms with Gasteiger partial charge in [0, 0.05) is 6.54 Å². The van der Waals surface area contributed by atoms with Gasteiger partial charge in [-0.05, 0) is 25.0 Å². The monoisotopic (exact) mass is 278 g/mol. The van der Waals surface area contributed by atoms with Gasteiger partial charge < -0.3 is 0 Å². The van der Waals surface area contributed by atoms with Crippen LogP contribution in [0.1, 0.15) is 22.6 Å². The van der Waals surface area contributed by atoms with Crippen molar-refractivity contribution in [3.63, 3.8) is 0 Å². The number of aromatic nitrogens is 2. The molecule has 1 aromatic carbocycles. The molecule has 0 amide bonds. The minimum atomic E-state index is 0.0886. The Balaban J connectivity index is 2.49. The molecule has 0 aliphatic carbocycles. The largest absolute Gasteiger partial charge is 0.295 e. The standard InChI is InChI=1S/C12H11BrN2O/c1-7-3-2-4-8-10(7)14-11-9(13)5-6-15(11)12(8)16/h2-4,9H,5-6H2,1H3/t9-/m1/s1. The first kappa shape index (κ1) is 10.0. The maximum Gasteiger partial charge on any atom is 0.261 e. The molecule has 2 aromatic rings. The summed E-state index contributed by atoms with van der Waals surface area (Å²) < 4.78 is 1.78. The number of hydrogen-bond donors (Lipinski definition) is 0. The van der Waals surface area contributed by atoms with E-state index in [4.69, 9.17) is 0 Å². The zero-order chi connectivity index (χ0) is 11.3. The molecule has 0 spiro atoms. The first-order valence-corrected chi connectivity index (χ1v) is 6.24. The molecule has 1 atom stereocenters.